The van der Waals surface area contributed by atoms with E-state index in [0.29, 0.717) is 29.6 Å². The monoisotopic (exact) mass is 314 g/mol. The van der Waals surface area contributed by atoms with Crippen LogP contribution in [0.1, 0.15) is 19.2 Å². The molecule has 0 radical (unpaired) electrons. The van der Waals surface area contributed by atoms with Gasteiger partial charge in [-0.25, -0.2) is 4.98 Å². The largest absolute Gasteiger partial charge is 0.337 e. The number of hydrogen-bond donors (Lipinski definition) is 1. The number of H-pyrrole nitrogens is 1. The van der Waals surface area contributed by atoms with Crippen molar-refractivity contribution in [3.8, 4) is 0 Å². The number of carbonyl (C=O) groups excluding carboxylic acids is 1. The Morgan fingerprint density at radius 1 is 1.35 bits per heavy atom. The maximum atomic E-state index is 12.4. The Bertz CT molecular complexity index is 771. The normalized spacial score (nSPS) is 19.2. The molecule has 1 N–H and O–H groups in total. The molecule has 1 aliphatic heterocycles. The minimum absolute atomic E-state index is 0.126. The number of hydrogen-bond acceptors (Lipinski definition) is 4. The molecule has 1 atom stereocenters. The van der Waals surface area contributed by atoms with Gasteiger partial charge in [0, 0.05) is 38.5 Å². The summed E-state index contributed by atoms with van der Waals surface area (Å²) in [5.74, 6) is 0.699. The molecule has 3 rings (SSSR count). The molecule has 2 heterocycles. The molecule has 1 unspecified atom stereocenters. The zero-order valence-electron chi connectivity index (χ0n) is 13.6. The van der Waals surface area contributed by atoms with E-state index in [2.05, 4.69) is 28.8 Å². The fourth-order valence-electron chi connectivity index (χ4n) is 3.13. The van der Waals surface area contributed by atoms with Crippen molar-refractivity contribution in [3.63, 3.8) is 0 Å². The first-order chi connectivity index (χ1) is 11.0. The van der Waals surface area contributed by atoms with Crippen LogP contribution < -0.4 is 5.56 Å². The van der Waals surface area contributed by atoms with Crippen LogP contribution in [0.4, 0.5) is 0 Å². The van der Waals surface area contributed by atoms with E-state index in [1.54, 1.807) is 6.07 Å². The van der Waals surface area contributed by atoms with E-state index in [1.165, 1.54) is 0 Å². The zero-order chi connectivity index (χ0) is 16.4. The van der Waals surface area contributed by atoms with Crippen molar-refractivity contribution in [2.75, 3.05) is 26.7 Å². The Morgan fingerprint density at radius 3 is 2.91 bits per heavy atom. The molecule has 1 aromatic heterocycles. The number of aromatic nitrogens is 2. The van der Waals surface area contributed by atoms with Gasteiger partial charge in [-0.3, -0.25) is 9.59 Å². The number of aryl methyl sites for hydroxylation is 1. The summed E-state index contributed by atoms with van der Waals surface area (Å²) >= 11 is 0. The van der Waals surface area contributed by atoms with Gasteiger partial charge in [0.2, 0.25) is 5.91 Å². The summed E-state index contributed by atoms with van der Waals surface area (Å²) in [6.07, 6.45) is 0.827. The second-order valence-electron chi connectivity index (χ2n) is 6.23. The van der Waals surface area contributed by atoms with E-state index in [1.807, 2.05) is 23.1 Å². The highest BCUT2D eigenvalue weighted by atomic mass is 16.2. The second-order valence-corrected chi connectivity index (χ2v) is 6.23. The van der Waals surface area contributed by atoms with Crippen LogP contribution in [0.5, 0.6) is 0 Å². The number of carbonyl (C=O) groups is 1. The highest BCUT2D eigenvalue weighted by Gasteiger charge is 2.25. The summed E-state index contributed by atoms with van der Waals surface area (Å²) in [6, 6.07) is 7.47. The summed E-state index contributed by atoms with van der Waals surface area (Å²) < 4.78 is 0. The van der Waals surface area contributed by atoms with Gasteiger partial charge in [-0.1, -0.05) is 12.1 Å². The summed E-state index contributed by atoms with van der Waals surface area (Å²) in [5, 5.41) is 0.579. The zero-order valence-corrected chi connectivity index (χ0v) is 13.6. The molecule has 0 aliphatic carbocycles. The van der Waals surface area contributed by atoms with Crippen molar-refractivity contribution in [1.82, 2.24) is 19.8 Å². The van der Waals surface area contributed by atoms with E-state index in [4.69, 9.17) is 0 Å². The lowest BCUT2D eigenvalue weighted by atomic mass is 10.1. The highest BCUT2D eigenvalue weighted by molar-refractivity contribution is 5.78. The van der Waals surface area contributed by atoms with Gasteiger partial charge < -0.3 is 14.8 Å². The third-order valence-electron chi connectivity index (χ3n) is 4.39. The quantitative estimate of drug-likeness (QED) is 0.918. The number of para-hydroxylation sites is 1. The van der Waals surface area contributed by atoms with E-state index in [9.17, 15) is 9.59 Å². The van der Waals surface area contributed by atoms with Crippen molar-refractivity contribution < 1.29 is 4.79 Å². The third-order valence-corrected chi connectivity index (χ3v) is 4.39. The average Bonchev–Trinajstić information content (AvgIpc) is 2.53. The van der Waals surface area contributed by atoms with Gasteiger partial charge in [-0.15, -0.1) is 0 Å². The van der Waals surface area contributed by atoms with E-state index >= 15 is 0 Å². The summed E-state index contributed by atoms with van der Waals surface area (Å²) in [7, 11) is 2.07. The fraction of sp³-hybridized carbons (Fsp3) is 0.471. The molecule has 6 heteroatoms. The molecular formula is C17H22N4O2. The van der Waals surface area contributed by atoms with E-state index < -0.39 is 0 Å². The number of aromatic amines is 1. The first-order valence-electron chi connectivity index (χ1n) is 8.00. The second kappa shape index (κ2) is 6.50. The Balaban J connectivity index is 1.68. The van der Waals surface area contributed by atoms with Gasteiger partial charge in [-0.2, -0.15) is 0 Å². The molecule has 1 aromatic carbocycles. The van der Waals surface area contributed by atoms with Gasteiger partial charge >= 0.3 is 0 Å². The molecule has 1 saturated heterocycles. The number of piperazine rings is 1. The third kappa shape index (κ3) is 3.42. The van der Waals surface area contributed by atoms with Gasteiger partial charge in [0.15, 0.2) is 0 Å². The van der Waals surface area contributed by atoms with Crippen LogP contribution in [0.3, 0.4) is 0 Å². The molecule has 2 aromatic rings. The lowest BCUT2D eigenvalue weighted by Crippen LogP contribution is -2.52. The molecule has 23 heavy (non-hydrogen) atoms. The summed E-state index contributed by atoms with van der Waals surface area (Å²) in [4.78, 5) is 35.9. The average molecular weight is 314 g/mol. The van der Waals surface area contributed by atoms with Crippen LogP contribution in [-0.4, -0.2) is 58.4 Å². The number of rotatable bonds is 3. The van der Waals surface area contributed by atoms with Crippen LogP contribution in [0.2, 0.25) is 0 Å². The van der Waals surface area contributed by atoms with Gasteiger partial charge in [0.1, 0.15) is 5.82 Å². The maximum absolute atomic E-state index is 12.4. The van der Waals surface area contributed by atoms with Crippen molar-refractivity contribution in [2.45, 2.75) is 25.8 Å². The first-order valence-corrected chi connectivity index (χ1v) is 8.00. The number of amides is 1. The highest BCUT2D eigenvalue weighted by Crippen LogP contribution is 2.11. The van der Waals surface area contributed by atoms with E-state index in [0.717, 1.165) is 19.6 Å². The predicted molar refractivity (Wildman–Crippen MR) is 89.4 cm³/mol. The number of fused-ring (bicyclic) bond motifs is 1. The number of nitrogens with one attached hydrogen (secondary N) is 1. The Morgan fingerprint density at radius 2 is 2.13 bits per heavy atom. The van der Waals surface area contributed by atoms with Gasteiger partial charge in [-0.05, 0) is 26.1 Å². The Labute approximate surface area is 135 Å². The predicted octanol–water partition coefficient (Wildman–Crippen LogP) is 1.02. The van der Waals surface area contributed by atoms with Gasteiger partial charge in [0.25, 0.3) is 5.56 Å². The van der Waals surface area contributed by atoms with E-state index in [-0.39, 0.29) is 17.5 Å². The Hall–Kier alpha value is -2.21. The minimum Gasteiger partial charge on any atom is -0.337 e. The van der Waals surface area contributed by atoms with Crippen LogP contribution in [-0.2, 0) is 11.2 Å². The molecule has 1 amide bonds. The minimum atomic E-state index is -0.147. The molecule has 1 aliphatic rings. The molecule has 0 spiro atoms. The molecule has 1 fully saturated rings. The Kier molecular flexibility index (Phi) is 4.43. The lowest BCUT2D eigenvalue weighted by Gasteiger charge is -2.38. The van der Waals surface area contributed by atoms with Crippen LogP contribution >= 0.6 is 0 Å². The SMILES string of the molecule is CC1CN(C)CCN1C(=O)CCc1nc2ccccc2c(=O)[nH]1. The number of likely N-dealkylation sites (N-methyl/N-ethyl adjacent to an activating group) is 1. The standard InChI is InChI=1S/C17H22N4O2/c1-12-11-20(2)9-10-21(12)16(22)8-7-15-18-14-6-4-3-5-13(14)17(23)19-15/h3-6,12H,7-11H2,1-2H3,(H,18,19,23). The molecular weight excluding hydrogens is 292 g/mol. The topological polar surface area (TPSA) is 69.3 Å². The first kappa shape index (κ1) is 15.7. The molecule has 122 valence electrons. The van der Waals surface area contributed by atoms with Crippen molar-refractivity contribution in [1.29, 1.82) is 0 Å². The van der Waals surface area contributed by atoms with Crippen molar-refractivity contribution >= 4 is 16.8 Å². The molecule has 6 nitrogen and oxygen atoms in total. The number of benzene rings is 1. The summed E-state index contributed by atoms with van der Waals surface area (Å²) in [6.45, 7) is 4.64. The fourth-order valence-corrected chi connectivity index (χ4v) is 3.13. The smallest absolute Gasteiger partial charge is 0.258 e. The molecule has 0 bridgehead atoms. The van der Waals surface area contributed by atoms with Gasteiger partial charge in [0.05, 0.1) is 10.9 Å². The van der Waals surface area contributed by atoms with Crippen LogP contribution in [0, 0.1) is 0 Å². The molecule has 0 saturated carbocycles. The van der Waals surface area contributed by atoms with Crippen molar-refractivity contribution in [2.24, 2.45) is 0 Å². The van der Waals surface area contributed by atoms with Crippen LogP contribution in [0.25, 0.3) is 10.9 Å². The number of nitrogens with zero attached hydrogens (tertiary/aromatic N) is 3. The van der Waals surface area contributed by atoms with Crippen LogP contribution in [0.15, 0.2) is 29.1 Å². The summed E-state index contributed by atoms with van der Waals surface area (Å²) in [5.41, 5.74) is 0.526. The van der Waals surface area contributed by atoms with Crippen molar-refractivity contribution in [3.05, 3.63) is 40.4 Å². The maximum Gasteiger partial charge on any atom is 0.258 e. The lowest BCUT2D eigenvalue weighted by molar-refractivity contribution is -0.135.